The molecule has 14 heteroatoms. The molecule has 1 aromatic heterocycles. The van der Waals surface area contributed by atoms with Crippen LogP contribution >= 0.6 is 0 Å². The molecular weight excluding hydrogens is 432 g/mol. The van der Waals surface area contributed by atoms with Gasteiger partial charge in [-0.2, -0.15) is 0 Å². The van der Waals surface area contributed by atoms with Crippen LogP contribution in [0, 0.1) is 10.1 Å². The molecule has 0 radical (unpaired) electrons. The van der Waals surface area contributed by atoms with Crippen molar-refractivity contribution in [3.05, 3.63) is 46.3 Å². The Bertz CT molecular complexity index is 988. The van der Waals surface area contributed by atoms with Crippen LogP contribution in [0.4, 0.5) is 5.69 Å². The quantitative estimate of drug-likeness (QED) is 0.186. The molecular formula is C17H24N6O7S. The van der Waals surface area contributed by atoms with Crippen molar-refractivity contribution in [1.29, 1.82) is 0 Å². The molecule has 0 bridgehead atoms. The van der Waals surface area contributed by atoms with E-state index in [0.29, 0.717) is 13.2 Å². The van der Waals surface area contributed by atoms with Crippen LogP contribution in [0.3, 0.4) is 0 Å². The highest BCUT2D eigenvalue weighted by Gasteiger charge is 2.18. The molecule has 0 unspecified atom stereocenters. The van der Waals surface area contributed by atoms with Crippen molar-refractivity contribution in [3.8, 4) is 0 Å². The maximum atomic E-state index is 12.2. The summed E-state index contributed by atoms with van der Waals surface area (Å²) >= 11 is 0. The van der Waals surface area contributed by atoms with Crippen LogP contribution < -0.4 is 10.0 Å². The number of sulfonamides is 1. The summed E-state index contributed by atoms with van der Waals surface area (Å²) < 4.78 is 39.0. The molecule has 2 rings (SSSR count). The first-order chi connectivity index (χ1) is 14.8. The van der Waals surface area contributed by atoms with Gasteiger partial charge in [-0.1, -0.05) is 11.3 Å². The molecule has 0 fully saturated rings. The van der Waals surface area contributed by atoms with E-state index in [1.807, 2.05) is 13.8 Å². The Morgan fingerprint density at radius 2 is 1.97 bits per heavy atom. The number of benzene rings is 1. The zero-order valence-electron chi connectivity index (χ0n) is 17.1. The van der Waals surface area contributed by atoms with Crippen molar-refractivity contribution >= 4 is 21.6 Å². The number of ether oxygens (including phenoxy) is 2. The monoisotopic (exact) mass is 456 g/mol. The second-order valence-corrected chi connectivity index (χ2v) is 7.84. The summed E-state index contributed by atoms with van der Waals surface area (Å²) in [6, 6.07) is 4.66. The molecule has 0 aliphatic rings. The Hall–Kier alpha value is -2.94. The smallest absolute Gasteiger partial charge is 0.273 e. The Morgan fingerprint density at radius 3 is 2.61 bits per heavy atom. The first-order valence-electron chi connectivity index (χ1n) is 9.42. The van der Waals surface area contributed by atoms with Crippen LogP contribution in [0.15, 0.2) is 35.4 Å². The van der Waals surface area contributed by atoms with Crippen molar-refractivity contribution in [3.63, 3.8) is 0 Å². The molecule has 1 heterocycles. The molecule has 2 aromatic rings. The normalized spacial score (nSPS) is 11.6. The predicted octanol–water partition coefficient (Wildman–Crippen LogP) is 0.294. The Labute approximate surface area is 178 Å². The summed E-state index contributed by atoms with van der Waals surface area (Å²) in [6.45, 7) is 4.68. The van der Waals surface area contributed by atoms with E-state index in [0.717, 1.165) is 6.07 Å². The Kier molecular flexibility index (Phi) is 8.99. The van der Waals surface area contributed by atoms with Crippen LogP contribution in [-0.2, 0) is 26.0 Å². The molecule has 2 N–H and O–H groups in total. The minimum absolute atomic E-state index is 0.0274. The third-order valence-electron chi connectivity index (χ3n) is 3.85. The lowest BCUT2D eigenvalue weighted by Crippen LogP contribution is -2.34. The van der Waals surface area contributed by atoms with Gasteiger partial charge in [0.1, 0.15) is 0 Å². The lowest BCUT2D eigenvalue weighted by Gasteiger charge is -2.16. The molecule has 13 nitrogen and oxygen atoms in total. The maximum absolute atomic E-state index is 12.2. The number of rotatable bonds is 13. The number of non-ortho nitro benzene ring substituents is 1. The molecule has 1 aromatic carbocycles. The van der Waals surface area contributed by atoms with Gasteiger partial charge in [-0.15, -0.1) is 5.10 Å². The van der Waals surface area contributed by atoms with Crippen LogP contribution in [0.2, 0.25) is 0 Å². The second kappa shape index (κ2) is 11.5. The molecule has 0 saturated heterocycles. The highest BCUT2D eigenvalue weighted by molar-refractivity contribution is 7.89. The fourth-order valence-corrected chi connectivity index (χ4v) is 3.54. The van der Waals surface area contributed by atoms with E-state index in [-0.39, 0.29) is 35.9 Å². The summed E-state index contributed by atoms with van der Waals surface area (Å²) in [6.07, 6.45) is 0.907. The van der Waals surface area contributed by atoms with Gasteiger partial charge in [0.05, 0.1) is 22.6 Å². The van der Waals surface area contributed by atoms with Gasteiger partial charge in [-0.05, 0) is 19.9 Å². The zero-order chi connectivity index (χ0) is 22.9. The van der Waals surface area contributed by atoms with Crippen molar-refractivity contribution in [2.24, 2.45) is 0 Å². The standard InChI is InChI=1S/C17H24N6O7S/c1-3-29-16(30-4-2)12-22-11-15(20-21-22)17(24)18-8-9-19-31(27,28)14-7-5-6-13(10-14)23(25)26/h5-7,10-11,16,19H,3-4,8-9,12H2,1-2H3,(H,18,24). The van der Waals surface area contributed by atoms with Crippen LogP contribution in [-0.4, -0.2) is 66.8 Å². The van der Waals surface area contributed by atoms with Gasteiger partial charge in [0.25, 0.3) is 11.6 Å². The topological polar surface area (TPSA) is 168 Å². The molecule has 31 heavy (non-hydrogen) atoms. The first-order valence-corrected chi connectivity index (χ1v) is 10.9. The third kappa shape index (κ3) is 7.36. The summed E-state index contributed by atoms with van der Waals surface area (Å²) in [5.74, 6) is -0.537. The fourth-order valence-electron chi connectivity index (χ4n) is 2.47. The number of hydrogen-bond acceptors (Lipinski definition) is 9. The van der Waals surface area contributed by atoms with Gasteiger partial charge in [0, 0.05) is 38.4 Å². The number of nitro benzene ring substituents is 1. The highest BCUT2D eigenvalue weighted by atomic mass is 32.2. The van der Waals surface area contributed by atoms with Gasteiger partial charge >= 0.3 is 0 Å². The molecule has 170 valence electrons. The van der Waals surface area contributed by atoms with Crippen LogP contribution in [0.1, 0.15) is 24.3 Å². The highest BCUT2D eigenvalue weighted by Crippen LogP contribution is 2.16. The average Bonchev–Trinajstić information content (AvgIpc) is 3.20. The largest absolute Gasteiger partial charge is 0.351 e. The number of nitrogens with one attached hydrogen (secondary N) is 2. The summed E-state index contributed by atoms with van der Waals surface area (Å²) in [4.78, 5) is 22.0. The van der Waals surface area contributed by atoms with E-state index in [2.05, 4.69) is 20.4 Å². The van der Waals surface area contributed by atoms with Gasteiger partial charge in [-0.25, -0.2) is 17.8 Å². The van der Waals surface area contributed by atoms with Gasteiger partial charge < -0.3 is 14.8 Å². The number of amides is 1. The third-order valence-corrected chi connectivity index (χ3v) is 5.31. The molecule has 0 atom stereocenters. The second-order valence-electron chi connectivity index (χ2n) is 6.07. The first kappa shape index (κ1) is 24.3. The Balaban J connectivity index is 1.85. The lowest BCUT2D eigenvalue weighted by atomic mass is 10.3. The van der Waals surface area contributed by atoms with E-state index in [1.54, 1.807) is 0 Å². The summed E-state index contributed by atoms with van der Waals surface area (Å²) in [7, 11) is -3.96. The van der Waals surface area contributed by atoms with Crippen LogP contribution in [0.5, 0.6) is 0 Å². The van der Waals surface area contributed by atoms with E-state index in [4.69, 9.17) is 9.47 Å². The number of hydrogen-bond donors (Lipinski definition) is 2. The molecule has 1 amide bonds. The van der Waals surface area contributed by atoms with Crippen molar-refractivity contribution in [2.75, 3.05) is 26.3 Å². The predicted molar refractivity (Wildman–Crippen MR) is 108 cm³/mol. The molecule has 0 spiro atoms. The number of nitrogens with zero attached hydrogens (tertiary/aromatic N) is 4. The van der Waals surface area contributed by atoms with Crippen molar-refractivity contribution < 1.29 is 27.6 Å². The SMILES string of the molecule is CCOC(Cn1cc(C(=O)NCCNS(=O)(=O)c2cccc([N+](=O)[O-])c2)nn1)OCC. The van der Waals surface area contributed by atoms with E-state index < -0.39 is 27.1 Å². The van der Waals surface area contributed by atoms with Gasteiger partial charge in [0.2, 0.25) is 10.0 Å². The fraction of sp³-hybridized carbons (Fsp3) is 0.471. The number of aromatic nitrogens is 3. The number of carbonyl (C=O) groups is 1. The van der Waals surface area contributed by atoms with Crippen molar-refractivity contribution in [2.45, 2.75) is 31.6 Å². The minimum atomic E-state index is -3.96. The summed E-state index contributed by atoms with van der Waals surface area (Å²) in [5.41, 5.74) is -0.288. The zero-order valence-corrected chi connectivity index (χ0v) is 17.9. The van der Waals surface area contributed by atoms with E-state index in [9.17, 15) is 23.3 Å². The molecule has 0 aliphatic carbocycles. The average molecular weight is 456 g/mol. The lowest BCUT2D eigenvalue weighted by molar-refractivity contribution is -0.385. The molecule has 0 aliphatic heterocycles. The van der Waals surface area contributed by atoms with Crippen LogP contribution in [0.25, 0.3) is 0 Å². The number of carbonyl (C=O) groups excluding carboxylic acids is 1. The summed E-state index contributed by atoms with van der Waals surface area (Å²) in [5, 5.41) is 20.9. The van der Waals surface area contributed by atoms with E-state index >= 15 is 0 Å². The van der Waals surface area contributed by atoms with Gasteiger partial charge in [0.15, 0.2) is 12.0 Å². The van der Waals surface area contributed by atoms with E-state index in [1.165, 1.54) is 29.1 Å². The Morgan fingerprint density at radius 1 is 1.26 bits per heavy atom. The van der Waals surface area contributed by atoms with Gasteiger partial charge in [-0.3, -0.25) is 14.9 Å². The number of nitro groups is 1. The maximum Gasteiger partial charge on any atom is 0.273 e. The molecule has 0 saturated carbocycles. The van der Waals surface area contributed by atoms with Crippen molar-refractivity contribution in [1.82, 2.24) is 25.0 Å². The minimum Gasteiger partial charge on any atom is -0.351 e.